The van der Waals surface area contributed by atoms with Crippen LogP contribution in [0.25, 0.3) is 21.8 Å². The number of carbonyl (C=O) groups excluding carboxylic acids is 1. The van der Waals surface area contributed by atoms with Gasteiger partial charge in [-0.05, 0) is 31.9 Å². The van der Waals surface area contributed by atoms with Gasteiger partial charge in [-0.2, -0.15) is 0 Å². The molecule has 0 unspecified atom stereocenters. The van der Waals surface area contributed by atoms with E-state index < -0.39 is 0 Å². The molecule has 1 atom stereocenters. The second-order valence-electron chi connectivity index (χ2n) is 6.03. The fourth-order valence-electron chi connectivity index (χ4n) is 3.22. The van der Waals surface area contributed by atoms with Gasteiger partial charge >= 0.3 is 0 Å². The summed E-state index contributed by atoms with van der Waals surface area (Å²) in [5.74, 6) is -0.143. The summed E-state index contributed by atoms with van der Waals surface area (Å²) in [7, 11) is 0. The summed E-state index contributed by atoms with van der Waals surface area (Å²) in [4.78, 5) is 20.2. The van der Waals surface area contributed by atoms with E-state index in [0.717, 1.165) is 46.9 Å². The number of amides is 1. The maximum Gasteiger partial charge on any atom is 0.270 e. The molecule has 118 valence electrons. The number of benzene rings is 1. The molecule has 0 spiro atoms. The van der Waals surface area contributed by atoms with Crippen LogP contribution in [0.1, 0.15) is 29.0 Å². The molecule has 2 N–H and O–H groups in total. The number of aryl methyl sites for hydroxylation is 1. The average molecular weight is 309 g/mol. The summed E-state index contributed by atoms with van der Waals surface area (Å²) >= 11 is 0. The van der Waals surface area contributed by atoms with Gasteiger partial charge in [-0.25, -0.2) is 4.98 Å². The highest BCUT2D eigenvalue weighted by atomic mass is 16.5. The molecular formula is C18H19N3O2. The number of aromatic nitrogens is 2. The van der Waals surface area contributed by atoms with Crippen LogP contribution < -0.4 is 5.32 Å². The third-order valence-electron chi connectivity index (χ3n) is 4.42. The maximum absolute atomic E-state index is 12.4. The summed E-state index contributed by atoms with van der Waals surface area (Å²) in [6.45, 7) is 3.26. The number of H-pyrrole nitrogens is 1. The minimum atomic E-state index is -0.143. The Hall–Kier alpha value is -2.40. The van der Waals surface area contributed by atoms with Crippen molar-refractivity contribution in [2.24, 2.45) is 0 Å². The van der Waals surface area contributed by atoms with Crippen LogP contribution in [0.15, 0.2) is 30.3 Å². The molecule has 3 aromatic rings. The molecule has 1 saturated heterocycles. The van der Waals surface area contributed by atoms with E-state index in [2.05, 4.69) is 21.4 Å². The fourth-order valence-corrected chi connectivity index (χ4v) is 3.22. The Morgan fingerprint density at radius 2 is 2.26 bits per heavy atom. The molecule has 3 heterocycles. The van der Waals surface area contributed by atoms with Crippen LogP contribution in [-0.4, -0.2) is 35.1 Å². The van der Waals surface area contributed by atoms with E-state index in [0.29, 0.717) is 12.2 Å². The largest absolute Gasteiger partial charge is 0.376 e. The Balaban J connectivity index is 1.66. The molecule has 0 radical (unpaired) electrons. The zero-order valence-corrected chi connectivity index (χ0v) is 13.1. The molecule has 0 aliphatic carbocycles. The van der Waals surface area contributed by atoms with Crippen LogP contribution in [-0.2, 0) is 4.74 Å². The third kappa shape index (κ3) is 2.57. The van der Waals surface area contributed by atoms with Crippen molar-refractivity contribution < 1.29 is 9.53 Å². The summed E-state index contributed by atoms with van der Waals surface area (Å²) in [6.07, 6.45) is 2.21. The lowest BCUT2D eigenvalue weighted by Crippen LogP contribution is -2.32. The van der Waals surface area contributed by atoms with Gasteiger partial charge in [-0.1, -0.05) is 18.2 Å². The van der Waals surface area contributed by atoms with E-state index >= 15 is 0 Å². The van der Waals surface area contributed by atoms with Crippen LogP contribution in [0.4, 0.5) is 0 Å². The second-order valence-corrected chi connectivity index (χ2v) is 6.03. The molecule has 5 heteroatoms. The van der Waals surface area contributed by atoms with Gasteiger partial charge < -0.3 is 15.0 Å². The molecule has 1 aromatic carbocycles. The number of hydrogen-bond donors (Lipinski definition) is 2. The number of fused-ring (bicyclic) bond motifs is 3. The second kappa shape index (κ2) is 5.66. The third-order valence-corrected chi connectivity index (χ3v) is 4.42. The lowest BCUT2D eigenvalue weighted by atomic mass is 10.1. The van der Waals surface area contributed by atoms with Gasteiger partial charge in [0.15, 0.2) is 0 Å². The lowest BCUT2D eigenvalue weighted by Gasteiger charge is -2.10. The predicted octanol–water partition coefficient (Wildman–Crippen LogP) is 2.93. The van der Waals surface area contributed by atoms with Gasteiger partial charge in [0.2, 0.25) is 0 Å². The molecule has 4 rings (SSSR count). The van der Waals surface area contributed by atoms with Crippen molar-refractivity contribution in [3.8, 4) is 0 Å². The van der Waals surface area contributed by atoms with E-state index in [-0.39, 0.29) is 12.0 Å². The number of aromatic amines is 1. The Labute approximate surface area is 134 Å². The molecule has 0 saturated carbocycles. The van der Waals surface area contributed by atoms with Crippen LogP contribution in [0.3, 0.4) is 0 Å². The molecule has 1 aliphatic rings. The van der Waals surface area contributed by atoms with Crippen molar-refractivity contribution in [2.75, 3.05) is 13.2 Å². The topological polar surface area (TPSA) is 67.0 Å². The number of para-hydroxylation sites is 1. The highest BCUT2D eigenvalue weighted by Crippen LogP contribution is 2.27. The molecule has 5 nitrogen and oxygen atoms in total. The van der Waals surface area contributed by atoms with E-state index in [1.165, 1.54) is 0 Å². The number of hydrogen-bond acceptors (Lipinski definition) is 3. The SMILES string of the molecule is Cc1nc(C(=O)NC[C@@H]2CCCO2)cc2c1[nH]c1ccccc12. The number of carbonyl (C=O) groups is 1. The first-order chi connectivity index (χ1) is 11.2. The van der Waals surface area contributed by atoms with Crippen molar-refractivity contribution in [1.82, 2.24) is 15.3 Å². The Kier molecular flexibility index (Phi) is 3.50. The Morgan fingerprint density at radius 1 is 1.39 bits per heavy atom. The summed E-state index contributed by atoms with van der Waals surface area (Å²) in [6, 6.07) is 9.96. The molecule has 2 aromatic heterocycles. The average Bonchev–Trinajstić information content (AvgIpc) is 3.20. The van der Waals surface area contributed by atoms with Crippen molar-refractivity contribution in [2.45, 2.75) is 25.9 Å². The van der Waals surface area contributed by atoms with Gasteiger partial charge in [0.05, 0.1) is 17.3 Å². The first-order valence-electron chi connectivity index (χ1n) is 8.00. The van der Waals surface area contributed by atoms with Crippen LogP contribution in [0.5, 0.6) is 0 Å². The molecule has 1 aliphatic heterocycles. The van der Waals surface area contributed by atoms with E-state index in [1.807, 2.05) is 31.2 Å². The maximum atomic E-state index is 12.4. The minimum absolute atomic E-state index is 0.136. The van der Waals surface area contributed by atoms with E-state index in [9.17, 15) is 4.79 Å². The first-order valence-corrected chi connectivity index (χ1v) is 8.00. The van der Waals surface area contributed by atoms with Gasteiger partial charge in [0, 0.05) is 29.4 Å². The Morgan fingerprint density at radius 3 is 3.09 bits per heavy atom. The molecule has 0 bridgehead atoms. The first kappa shape index (κ1) is 14.2. The summed E-state index contributed by atoms with van der Waals surface area (Å²) < 4.78 is 5.54. The fraction of sp³-hybridized carbons (Fsp3) is 0.333. The van der Waals surface area contributed by atoms with Crippen LogP contribution in [0, 0.1) is 6.92 Å². The van der Waals surface area contributed by atoms with Gasteiger partial charge in [-0.3, -0.25) is 4.79 Å². The smallest absolute Gasteiger partial charge is 0.270 e. The normalized spacial score (nSPS) is 17.9. The van der Waals surface area contributed by atoms with Gasteiger partial charge in [0.1, 0.15) is 5.69 Å². The van der Waals surface area contributed by atoms with E-state index in [4.69, 9.17) is 4.74 Å². The van der Waals surface area contributed by atoms with E-state index in [1.54, 1.807) is 0 Å². The minimum Gasteiger partial charge on any atom is -0.376 e. The quantitative estimate of drug-likeness (QED) is 0.781. The number of nitrogens with zero attached hydrogens (tertiary/aromatic N) is 1. The summed E-state index contributed by atoms with van der Waals surface area (Å²) in [5.41, 5.74) is 3.34. The van der Waals surface area contributed by atoms with Crippen LogP contribution >= 0.6 is 0 Å². The Bertz CT molecular complexity index is 878. The van der Waals surface area contributed by atoms with Crippen molar-refractivity contribution in [3.05, 3.63) is 41.7 Å². The lowest BCUT2D eigenvalue weighted by molar-refractivity contribution is 0.0853. The molecular weight excluding hydrogens is 290 g/mol. The van der Waals surface area contributed by atoms with Crippen molar-refractivity contribution >= 4 is 27.7 Å². The molecule has 1 amide bonds. The predicted molar refractivity (Wildman–Crippen MR) is 89.6 cm³/mol. The number of pyridine rings is 1. The molecule has 23 heavy (non-hydrogen) atoms. The van der Waals surface area contributed by atoms with Crippen LogP contribution in [0.2, 0.25) is 0 Å². The highest BCUT2D eigenvalue weighted by Gasteiger charge is 2.18. The van der Waals surface area contributed by atoms with Gasteiger partial charge in [-0.15, -0.1) is 0 Å². The zero-order chi connectivity index (χ0) is 15.8. The number of rotatable bonds is 3. The monoisotopic (exact) mass is 309 g/mol. The zero-order valence-electron chi connectivity index (χ0n) is 13.1. The summed E-state index contributed by atoms with van der Waals surface area (Å²) in [5, 5.41) is 5.09. The number of nitrogens with one attached hydrogen (secondary N) is 2. The standard InChI is InChI=1S/C18H19N3O2/c1-11-17-14(13-6-2-3-7-15(13)21-17)9-16(20-11)18(22)19-10-12-5-4-8-23-12/h2-3,6-7,9,12,21H,4-5,8,10H2,1H3,(H,19,22)/t12-/m0/s1. The highest BCUT2D eigenvalue weighted by molar-refractivity contribution is 6.10. The molecule has 1 fully saturated rings. The number of ether oxygens (including phenoxy) is 1. The van der Waals surface area contributed by atoms with Crippen molar-refractivity contribution in [1.29, 1.82) is 0 Å². The van der Waals surface area contributed by atoms with Crippen molar-refractivity contribution in [3.63, 3.8) is 0 Å². The van der Waals surface area contributed by atoms with Gasteiger partial charge in [0.25, 0.3) is 5.91 Å².